The summed E-state index contributed by atoms with van der Waals surface area (Å²) in [6.07, 6.45) is 8.27. The number of ether oxygens (including phenoxy) is 1. The van der Waals surface area contributed by atoms with Gasteiger partial charge in [-0.25, -0.2) is 4.98 Å². The van der Waals surface area contributed by atoms with Crippen LogP contribution in [0.4, 0.5) is 5.13 Å². The van der Waals surface area contributed by atoms with Crippen LogP contribution in [0.1, 0.15) is 64.6 Å². The fourth-order valence-corrected chi connectivity index (χ4v) is 3.39. The summed E-state index contributed by atoms with van der Waals surface area (Å²) in [5.74, 6) is 0.903. The van der Waals surface area contributed by atoms with Crippen LogP contribution < -0.4 is 5.32 Å². The molecule has 0 atom stereocenters. The van der Waals surface area contributed by atoms with Gasteiger partial charge in [-0.15, -0.1) is 0 Å². The lowest BCUT2D eigenvalue weighted by molar-refractivity contribution is -0.0615. The minimum absolute atomic E-state index is 0.228. The first-order chi connectivity index (χ1) is 9.30. The van der Waals surface area contributed by atoms with Gasteiger partial charge in [-0.3, -0.25) is 0 Å². The SMILES string of the molecule is CCCNc1nc(C2(OCC)CCCCCC2)ns1. The Labute approximate surface area is 120 Å². The molecule has 2 rings (SSSR count). The molecule has 1 heterocycles. The lowest BCUT2D eigenvalue weighted by atomic mass is 9.93. The van der Waals surface area contributed by atoms with E-state index in [0.717, 1.165) is 43.4 Å². The van der Waals surface area contributed by atoms with Gasteiger partial charge < -0.3 is 10.1 Å². The Hall–Kier alpha value is -0.680. The third kappa shape index (κ3) is 3.66. The van der Waals surface area contributed by atoms with Crippen molar-refractivity contribution in [3.8, 4) is 0 Å². The van der Waals surface area contributed by atoms with Gasteiger partial charge in [0, 0.05) is 24.7 Å². The van der Waals surface area contributed by atoms with E-state index in [9.17, 15) is 0 Å². The normalized spacial score (nSPS) is 19.1. The Kier molecular flexibility index (Phi) is 5.58. The Morgan fingerprint density at radius 1 is 1.21 bits per heavy atom. The number of hydrogen-bond donors (Lipinski definition) is 1. The van der Waals surface area contributed by atoms with Crippen LogP contribution in [0.15, 0.2) is 0 Å². The second kappa shape index (κ2) is 7.20. The van der Waals surface area contributed by atoms with E-state index in [1.807, 2.05) is 0 Å². The maximum atomic E-state index is 6.11. The second-order valence-electron chi connectivity index (χ2n) is 5.19. The van der Waals surface area contributed by atoms with Gasteiger partial charge in [0.15, 0.2) is 5.82 Å². The van der Waals surface area contributed by atoms with E-state index in [0.29, 0.717) is 0 Å². The van der Waals surface area contributed by atoms with Gasteiger partial charge in [-0.05, 0) is 26.2 Å². The molecule has 1 N–H and O–H groups in total. The molecule has 1 aromatic rings. The topological polar surface area (TPSA) is 47.0 Å². The molecule has 0 saturated heterocycles. The summed E-state index contributed by atoms with van der Waals surface area (Å²) in [6, 6.07) is 0. The van der Waals surface area contributed by atoms with Gasteiger partial charge >= 0.3 is 0 Å². The highest BCUT2D eigenvalue weighted by molar-refractivity contribution is 7.09. The average Bonchev–Trinajstić information content (AvgIpc) is 2.77. The van der Waals surface area contributed by atoms with Crippen molar-refractivity contribution in [3.63, 3.8) is 0 Å². The smallest absolute Gasteiger partial charge is 0.202 e. The molecule has 1 fully saturated rings. The van der Waals surface area contributed by atoms with Crippen LogP contribution >= 0.6 is 11.5 Å². The minimum Gasteiger partial charge on any atom is -0.367 e. The first-order valence-corrected chi connectivity index (χ1v) is 8.30. The first-order valence-electron chi connectivity index (χ1n) is 7.53. The molecule has 19 heavy (non-hydrogen) atoms. The predicted octanol–water partition coefficient (Wildman–Crippen LogP) is 3.95. The second-order valence-corrected chi connectivity index (χ2v) is 5.94. The number of nitrogens with zero attached hydrogens (tertiary/aromatic N) is 2. The molecular weight excluding hydrogens is 258 g/mol. The van der Waals surface area contributed by atoms with Crippen LogP contribution in [-0.2, 0) is 10.3 Å². The molecule has 1 aliphatic carbocycles. The van der Waals surface area contributed by atoms with Crippen molar-refractivity contribution >= 4 is 16.7 Å². The Morgan fingerprint density at radius 2 is 1.95 bits per heavy atom. The molecule has 1 aliphatic rings. The largest absolute Gasteiger partial charge is 0.367 e. The van der Waals surface area contributed by atoms with Gasteiger partial charge in [0.25, 0.3) is 0 Å². The number of hydrogen-bond acceptors (Lipinski definition) is 5. The maximum Gasteiger partial charge on any atom is 0.202 e. The molecule has 108 valence electrons. The summed E-state index contributed by atoms with van der Waals surface area (Å²) in [5.41, 5.74) is -0.228. The zero-order valence-electron chi connectivity index (χ0n) is 12.1. The van der Waals surface area contributed by atoms with Crippen LogP contribution in [0.2, 0.25) is 0 Å². The maximum absolute atomic E-state index is 6.11. The molecule has 0 amide bonds. The van der Waals surface area contributed by atoms with E-state index >= 15 is 0 Å². The fraction of sp³-hybridized carbons (Fsp3) is 0.857. The van der Waals surface area contributed by atoms with Gasteiger partial charge in [-0.2, -0.15) is 4.37 Å². The van der Waals surface area contributed by atoms with Crippen molar-refractivity contribution in [2.75, 3.05) is 18.5 Å². The molecule has 0 aliphatic heterocycles. The van der Waals surface area contributed by atoms with E-state index in [1.165, 1.54) is 37.2 Å². The van der Waals surface area contributed by atoms with E-state index in [-0.39, 0.29) is 5.60 Å². The van der Waals surface area contributed by atoms with Gasteiger partial charge in [0.05, 0.1) is 0 Å². The third-order valence-electron chi connectivity index (χ3n) is 3.69. The van der Waals surface area contributed by atoms with E-state index in [4.69, 9.17) is 4.74 Å². The molecule has 4 nitrogen and oxygen atoms in total. The molecule has 5 heteroatoms. The van der Waals surface area contributed by atoms with Crippen molar-refractivity contribution in [1.29, 1.82) is 0 Å². The van der Waals surface area contributed by atoms with Crippen molar-refractivity contribution in [3.05, 3.63) is 5.82 Å². The lowest BCUT2D eigenvalue weighted by Crippen LogP contribution is -2.30. The summed E-state index contributed by atoms with van der Waals surface area (Å²) in [4.78, 5) is 4.68. The Bertz CT molecular complexity index is 373. The first kappa shape index (κ1) is 14.7. The number of rotatable bonds is 6. The van der Waals surface area contributed by atoms with Gasteiger partial charge in [0.2, 0.25) is 5.13 Å². The summed E-state index contributed by atoms with van der Waals surface area (Å²) in [6.45, 7) is 5.91. The highest BCUT2D eigenvalue weighted by atomic mass is 32.1. The molecule has 0 aromatic carbocycles. The number of aromatic nitrogens is 2. The van der Waals surface area contributed by atoms with Crippen LogP contribution in [0, 0.1) is 0 Å². The summed E-state index contributed by atoms with van der Waals surface area (Å²) >= 11 is 1.46. The van der Waals surface area contributed by atoms with E-state index < -0.39 is 0 Å². The van der Waals surface area contributed by atoms with Crippen molar-refractivity contribution in [2.24, 2.45) is 0 Å². The predicted molar refractivity (Wildman–Crippen MR) is 79.7 cm³/mol. The molecule has 1 aromatic heterocycles. The average molecular weight is 283 g/mol. The monoisotopic (exact) mass is 283 g/mol. The summed E-state index contributed by atoms with van der Waals surface area (Å²) < 4.78 is 10.7. The number of nitrogens with one attached hydrogen (secondary N) is 1. The lowest BCUT2D eigenvalue weighted by Gasteiger charge is -2.29. The van der Waals surface area contributed by atoms with Gasteiger partial charge in [-0.1, -0.05) is 32.6 Å². The summed E-state index contributed by atoms with van der Waals surface area (Å²) in [5, 5.41) is 4.25. The van der Waals surface area contributed by atoms with Crippen LogP contribution in [-0.4, -0.2) is 22.5 Å². The van der Waals surface area contributed by atoms with E-state index in [2.05, 4.69) is 28.5 Å². The summed E-state index contributed by atoms with van der Waals surface area (Å²) in [7, 11) is 0. The third-order valence-corrected chi connectivity index (χ3v) is 4.36. The van der Waals surface area contributed by atoms with E-state index in [1.54, 1.807) is 0 Å². The molecule has 0 spiro atoms. The fourth-order valence-electron chi connectivity index (χ4n) is 2.72. The standard InChI is InChI=1S/C14H25N3OS/c1-3-11-15-13-16-12(17-19-13)14(18-4-2)9-7-5-6-8-10-14/h3-11H2,1-2H3,(H,15,16,17). The highest BCUT2D eigenvalue weighted by Gasteiger charge is 2.37. The quantitative estimate of drug-likeness (QED) is 0.803. The van der Waals surface area contributed by atoms with Crippen LogP contribution in [0.25, 0.3) is 0 Å². The zero-order valence-corrected chi connectivity index (χ0v) is 12.9. The Morgan fingerprint density at radius 3 is 2.58 bits per heavy atom. The molecular formula is C14H25N3OS. The zero-order chi connectivity index (χ0) is 13.6. The molecule has 1 saturated carbocycles. The van der Waals surface area contributed by atoms with Crippen LogP contribution in [0.5, 0.6) is 0 Å². The molecule has 0 unspecified atom stereocenters. The Balaban J connectivity index is 2.14. The van der Waals surface area contributed by atoms with Crippen molar-refractivity contribution in [2.45, 2.75) is 64.4 Å². The van der Waals surface area contributed by atoms with Crippen LogP contribution in [0.3, 0.4) is 0 Å². The highest BCUT2D eigenvalue weighted by Crippen LogP contribution is 2.39. The van der Waals surface area contributed by atoms with Gasteiger partial charge in [0.1, 0.15) is 5.60 Å². The molecule has 0 bridgehead atoms. The van der Waals surface area contributed by atoms with Crippen molar-refractivity contribution in [1.82, 2.24) is 9.36 Å². The minimum atomic E-state index is -0.228. The number of anilines is 1. The van der Waals surface area contributed by atoms with Crippen molar-refractivity contribution < 1.29 is 4.74 Å². The molecule has 0 radical (unpaired) electrons.